The maximum absolute atomic E-state index is 4.59. The molecular weight excluding hydrogens is 224 g/mol. The minimum absolute atomic E-state index is 0.960. The van der Waals surface area contributed by atoms with Gasteiger partial charge in [-0.05, 0) is 24.6 Å². The molecule has 0 atom stereocenters. The molecule has 0 unspecified atom stereocenters. The van der Waals surface area contributed by atoms with Crippen LogP contribution in [0.2, 0.25) is 0 Å². The largest absolute Gasteiger partial charge is 0.237 e. The van der Waals surface area contributed by atoms with Gasteiger partial charge in [0.2, 0.25) is 0 Å². The lowest BCUT2D eigenvalue weighted by Gasteiger charge is -2.00. The molecule has 0 amide bonds. The molecule has 0 fully saturated rings. The molecule has 0 radical (unpaired) electrons. The van der Waals surface area contributed by atoms with Crippen LogP contribution in [0, 0.1) is 6.92 Å². The SMILES string of the molecule is C=C1Sc2nc3ccc(C)cc3nc2S1. The van der Waals surface area contributed by atoms with Crippen LogP contribution < -0.4 is 0 Å². The van der Waals surface area contributed by atoms with Crippen LogP contribution >= 0.6 is 23.5 Å². The number of fused-ring (bicyclic) bond motifs is 2. The fourth-order valence-corrected chi connectivity index (χ4v) is 3.38. The maximum atomic E-state index is 4.59. The summed E-state index contributed by atoms with van der Waals surface area (Å²) in [6.07, 6.45) is 0. The van der Waals surface area contributed by atoms with Crippen molar-refractivity contribution in [1.29, 1.82) is 0 Å². The Labute approximate surface area is 96.2 Å². The minimum atomic E-state index is 0.960. The normalized spacial score (nSPS) is 14.6. The average molecular weight is 232 g/mol. The molecule has 3 rings (SSSR count). The zero-order valence-corrected chi connectivity index (χ0v) is 9.78. The lowest BCUT2D eigenvalue weighted by Crippen LogP contribution is -1.88. The number of hydrogen-bond acceptors (Lipinski definition) is 4. The third-order valence-electron chi connectivity index (χ3n) is 2.18. The van der Waals surface area contributed by atoms with Crippen LogP contribution in [0.25, 0.3) is 11.0 Å². The van der Waals surface area contributed by atoms with Crippen molar-refractivity contribution >= 4 is 34.6 Å². The second-order valence-corrected chi connectivity index (χ2v) is 5.83. The first-order valence-electron chi connectivity index (χ1n) is 4.55. The molecule has 15 heavy (non-hydrogen) atoms. The lowest BCUT2D eigenvalue weighted by atomic mass is 10.2. The van der Waals surface area contributed by atoms with E-state index < -0.39 is 0 Å². The number of rotatable bonds is 0. The molecule has 74 valence electrons. The van der Waals surface area contributed by atoms with Gasteiger partial charge in [0.25, 0.3) is 0 Å². The molecule has 1 aromatic carbocycles. The summed E-state index contributed by atoms with van der Waals surface area (Å²) < 4.78 is 1.05. The highest BCUT2D eigenvalue weighted by molar-refractivity contribution is 8.24. The molecule has 2 heterocycles. The Morgan fingerprint density at radius 1 is 1.07 bits per heavy atom. The van der Waals surface area contributed by atoms with Crippen molar-refractivity contribution in [2.24, 2.45) is 0 Å². The van der Waals surface area contributed by atoms with Gasteiger partial charge < -0.3 is 0 Å². The molecule has 1 aromatic heterocycles. The Morgan fingerprint density at radius 2 is 1.73 bits per heavy atom. The van der Waals surface area contributed by atoms with Crippen LogP contribution in [-0.4, -0.2) is 9.97 Å². The summed E-state index contributed by atoms with van der Waals surface area (Å²) in [5, 5.41) is 1.98. The van der Waals surface area contributed by atoms with E-state index in [4.69, 9.17) is 0 Å². The van der Waals surface area contributed by atoms with Gasteiger partial charge in [-0.3, -0.25) is 0 Å². The Kier molecular flexibility index (Phi) is 2.00. The fraction of sp³-hybridized carbons (Fsp3) is 0.0909. The van der Waals surface area contributed by atoms with Gasteiger partial charge in [0.05, 0.1) is 11.0 Å². The van der Waals surface area contributed by atoms with Gasteiger partial charge in [-0.15, -0.1) is 0 Å². The fourth-order valence-electron chi connectivity index (χ4n) is 1.50. The minimum Gasteiger partial charge on any atom is -0.237 e. The molecule has 0 saturated heterocycles. The molecule has 2 nitrogen and oxygen atoms in total. The third kappa shape index (κ3) is 1.54. The summed E-state index contributed by atoms with van der Waals surface area (Å²) in [4.78, 5) is 9.15. The van der Waals surface area contributed by atoms with Crippen molar-refractivity contribution in [2.75, 3.05) is 0 Å². The Balaban J connectivity index is 2.29. The van der Waals surface area contributed by atoms with Gasteiger partial charge >= 0.3 is 0 Å². The summed E-state index contributed by atoms with van der Waals surface area (Å²) in [7, 11) is 0. The molecule has 0 bridgehead atoms. The van der Waals surface area contributed by atoms with Gasteiger partial charge in [0.1, 0.15) is 10.1 Å². The Bertz CT molecular complexity index is 578. The smallest absolute Gasteiger partial charge is 0.135 e. The Hall–Kier alpha value is -1.00. The number of thioether (sulfide) groups is 2. The van der Waals surface area contributed by atoms with Crippen LogP contribution in [0.5, 0.6) is 0 Å². The van der Waals surface area contributed by atoms with E-state index in [1.807, 2.05) is 6.07 Å². The lowest BCUT2D eigenvalue weighted by molar-refractivity contribution is 0.980. The van der Waals surface area contributed by atoms with E-state index in [2.05, 4.69) is 35.6 Å². The van der Waals surface area contributed by atoms with Gasteiger partial charge in [-0.2, -0.15) is 0 Å². The van der Waals surface area contributed by atoms with Crippen molar-refractivity contribution in [1.82, 2.24) is 9.97 Å². The molecule has 0 spiro atoms. The molecule has 1 aliphatic heterocycles. The van der Waals surface area contributed by atoms with Crippen molar-refractivity contribution in [3.63, 3.8) is 0 Å². The van der Waals surface area contributed by atoms with E-state index in [9.17, 15) is 0 Å². The van der Waals surface area contributed by atoms with Crippen molar-refractivity contribution in [3.05, 3.63) is 34.6 Å². The van der Waals surface area contributed by atoms with E-state index in [0.717, 1.165) is 25.3 Å². The summed E-state index contributed by atoms with van der Waals surface area (Å²) in [6, 6.07) is 6.14. The molecule has 0 saturated carbocycles. The number of aromatic nitrogens is 2. The predicted octanol–water partition coefficient (Wildman–Crippen LogP) is 3.61. The highest BCUT2D eigenvalue weighted by atomic mass is 32.2. The highest BCUT2D eigenvalue weighted by Gasteiger charge is 2.19. The van der Waals surface area contributed by atoms with E-state index in [1.54, 1.807) is 23.5 Å². The maximum Gasteiger partial charge on any atom is 0.135 e. The van der Waals surface area contributed by atoms with Crippen LogP contribution in [0.4, 0.5) is 0 Å². The van der Waals surface area contributed by atoms with E-state index in [0.29, 0.717) is 0 Å². The monoisotopic (exact) mass is 232 g/mol. The van der Waals surface area contributed by atoms with Gasteiger partial charge in [0.15, 0.2) is 0 Å². The van der Waals surface area contributed by atoms with Crippen LogP contribution in [0.1, 0.15) is 5.56 Å². The molecule has 0 N–H and O–H groups in total. The molecule has 0 aliphatic carbocycles. The van der Waals surface area contributed by atoms with E-state index >= 15 is 0 Å². The number of nitrogens with zero attached hydrogens (tertiary/aromatic N) is 2. The quantitative estimate of drug-likeness (QED) is 0.693. The third-order valence-corrected chi connectivity index (χ3v) is 4.22. The zero-order valence-electron chi connectivity index (χ0n) is 8.15. The second-order valence-electron chi connectivity index (χ2n) is 3.40. The molecule has 4 heteroatoms. The van der Waals surface area contributed by atoms with E-state index in [-0.39, 0.29) is 0 Å². The molecular formula is C11H8N2S2. The summed E-state index contributed by atoms with van der Waals surface area (Å²) >= 11 is 3.21. The first-order chi connectivity index (χ1) is 7.22. The first kappa shape index (κ1) is 9.24. The van der Waals surface area contributed by atoms with E-state index in [1.165, 1.54) is 5.56 Å². The predicted molar refractivity (Wildman–Crippen MR) is 65.1 cm³/mol. The molecule has 2 aromatic rings. The molecule has 1 aliphatic rings. The van der Waals surface area contributed by atoms with Crippen molar-refractivity contribution in [2.45, 2.75) is 17.0 Å². The second kappa shape index (κ2) is 3.25. The number of benzene rings is 1. The van der Waals surface area contributed by atoms with Gasteiger partial charge in [-0.1, -0.05) is 36.2 Å². The standard InChI is InChI=1S/C11H8N2S2/c1-6-3-4-8-9(5-6)13-11-10(12-8)14-7(2)15-11/h3-5H,2H2,1H3. The van der Waals surface area contributed by atoms with Crippen molar-refractivity contribution in [3.8, 4) is 0 Å². The van der Waals surface area contributed by atoms with Crippen molar-refractivity contribution < 1.29 is 0 Å². The number of aryl methyl sites for hydroxylation is 1. The van der Waals surface area contributed by atoms with Gasteiger partial charge in [-0.25, -0.2) is 9.97 Å². The Morgan fingerprint density at radius 3 is 2.47 bits per heavy atom. The van der Waals surface area contributed by atoms with Crippen LogP contribution in [0.3, 0.4) is 0 Å². The zero-order chi connectivity index (χ0) is 10.4. The van der Waals surface area contributed by atoms with Crippen LogP contribution in [-0.2, 0) is 0 Å². The number of hydrogen-bond donors (Lipinski definition) is 0. The first-order valence-corrected chi connectivity index (χ1v) is 6.19. The van der Waals surface area contributed by atoms with Crippen LogP contribution in [0.15, 0.2) is 39.1 Å². The summed E-state index contributed by atoms with van der Waals surface area (Å²) in [5.74, 6) is 0. The topological polar surface area (TPSA) is 25.8 Å². The average Bonchev–Trinajstić information content (AvgIpc) is 2.53. The summed E-state index contributed by atoms with van der Waals surface area (Å²) in [5.41, 5.74) is 3.14. The van der Waals surface area contributed by atoms with Gasteiger partial charge in [0, 0.05) is 4.24 Å². The summed E-state index contributed by atoms with van der Waals surface area (Å²) in [6.45, 7) is 5.99. The highest BCUT2D eigenvalue weighted by Crippen LogP contribution is 2.48.